The average Bonchev–Trinajstić information content (AvgIpc) is 3.27. The Kier molecular flexibility index (Phi) is 4.61. The van der Waals surface area contributed by atoms with Gasteiger partial charge in [-0.3, -0.25) is 10.1 Å². The first-order valence-electron chi connectivity index (χ1n) is 7.96. The van der Waals surface area contributed by atoms with Crippen LogP contribution in [0.1, 0.15) is 44.2 Å². The van der Waals surface area contributed by atoms with Crippen molar-refractivity contribution >= 4 is 28.3 Å². The summed E-state index contributed by atoms with van der Waals surface area (Å²) in [5.74, 6) is 0.478. The lowest BCUT2D eigenvalue weighted by molar-refractivity contribution is -0.126. The van der Waals surface area contributed by atoms with Crippen LogP contribution in [0.4, 0.5) is 9.80 Å². The summed E-state index contributed by atoms with van der Waals surface area (Å²) in [5.41, 5.74) is 2.81. The molecule has 1 aliphatic heterocycles. The molecule has 3 rings (SSSR count). The molecular formula is C15H22N4O2S. The molecule has 1 saturated carbocycles. The van der Waals surface area contributed by atoms with E-state index >= 15 is 0 Å². The zero-order valence-corrected chi connectivity index (χ0v) is 13.6. The number of nitrogens with one attached hydrogen (secondary N) is 2. The van der Waals surface area contributed by atoms with Gasteiger partial charge in [0.05, 0.1) is 17.1 Å². The first-order valence-corrected chi connectivity index (χ1v) is 8.84. The van der Waals surface area contributed by atoms with Crippen molar-refractivity contribution < 1.29 is 9.59 Å². The van der Waals surface area contributed by atoms with Gasteiger partial charge in [0.25, 0.3) is 0 Å². The monoisotopic (exact) mass is 322 g/mol. The molecule has 2 fully saturated rings. The normalized spacial score (nSPS) is 21.5. The van der Waals surface area contributed by atoms with E-state index in [-0.39, 0.29) is 17.9 Å². The third-order valence-corrected chi connectivity index (χ3v) is 4.97. The maximum Gasteiger partial charge on any atom is 0.322 e. The Morgan fingerprint density at radius 3 is 2.95 bits per heavy atom. The third kappa shape index (κ3) is 3.40. The van der Waals surface area contributed by atoms with E-state index in [4.69, 9.17) is 0 Å². The molecule has 2 N–H and O–H groups in total. The molecule has 1 aromatic rings. The topological polar surface area (TPSA) is 74.3 Å². The molecule has 2 aliphatic rings. The van der Waals surface area contributed by atoms with E-state index in [1.54, 1.807) is 10.4 Å². The summed E-state index contributed by atoms with van der Waals surface area (Å²) in [4.78, 5) is 30.5. The second kappa shape index (κ2) is 6.64. The maximum atomic E-state index is 12.4. The van der Waals surface area contributed by atoms with Gasteiger partial charge >= 0.3 is 6.03 Å². The van der Waals surface area contributed by atoms with Crippen molar-refractivity contribution in [2.75, 3.05) is 25.0 Å². The molecule has 1 saturated heterocycles. The van der Waals surface area contributed by atoms with Gasteiger partial charge in [0.15, 0.2) is 0 Å². The van der Waals surface area contributed by atoms with Crippen LogP contribution < -0.4 is 10.6 Å². The molecule has 120 valence electrons. The van der Waals surface area contributed by atoms with Crippen molar-refractivity contribution in [2.45, 2.75) is 38.5 Å². The van der Waals surface area contributed by atoms with Gasteiger partial charge in [-0.1, -0.05) is 0 Å². The minimum atomic E-state index is -0.111. The molecular weight excluding hydrogens is 300 g/mol. The van der Waals surface area contributed by atoms with Crippen molar-refractivity contribution in [1.29, 1.82) is 0 Å². The van der Waals surface area contributed by atoms with Crippen LogP contribution in [0.2, 0.25) is 0 Å². The van der Waals surface area contributed by atoms with Crippen molar-refractivity contribution in [3.05, 3.63) is 11.2 Å². The summed E-state index contributed by atoms with van der Waals surface area (Å²) in [6.45, 7) is 3.75. The Hall–Kier alpha value is -1.63. The van der Waals surface area contributed by atoms with Crippen LogP contribution in [0, 0.1) is 5.92 Å². The molecule has 1 atom stereocenters. The van der Waals surface area contributed by atoms with E-state index in [2.05, 4.69) is 15.6 Å². The zero-order valence-electron chi connectivity index (χ0n) is 12.8. The molecule has 22 heavy (non-hydrogen) atoms. The number of anilines is 1. The Morgan fingerprint density at radius 2 is 2.23 bits per heavy atom. The summed E-state index contributed by atoms with van der Waals surface area (Å²) in [6.07, 6.45) is 4.04. The van der Waals surface area contributed by atoms with Gasteiger partial charge in [-0.05, 0) is 32.6 Å². The minimum Gasteiger partial charge on any atom is -0.356 e. The standard InChI is InChI=1S/C15H22N4O2S/c1-2-16-13(20)11-4-3-7-19(8-11)15(21)18-14-12(10-5-6-10)17-9-22-14/h9-11H,2-8H2,1H3,(H,16,20)(H,18,21)/t11-/m0/s1. The van der Waals surface area contributed by atoms with Gasteiger partial charge in [0, 0.05) is 25.6 Å². The van der Waals surface area contributed by atoms with Gasteiger partial charge in [0.2, 0.25) is 5.91 Å². The highest BCUT2D eigenvalue weighted by Crippen LogP contribution is 2.43. The fourth-order valence-corrected chi connectivity index (χ4v) is 3.62. The first kappa shape index (κ1) is 15.3. The molecule has 0 unspecified atom stereocenters. The third-order valence-electron chi connectivity index (χ3n) is 4.21. The number of thiazole rings is 1. The van der Waals surface area contributed by atoms with Crippen LogP contribution in [0.5, 0.6) is 0 Å². The smallest absolute Gasteiger partial charge is 0.322 e. The Bertz CT molecular complexity index is 555. The molecule has 7 heteroatoms. The average molecular weight is 322 g/mol. The van der Waals surface area contributed by atoms with E-state index in [1.165, 1.54) is 11.3 Å². The number of hydrogen-bond acceptors (Lipinski definition) is 4. The predicted molar refractivity (Wildman–Crippen MR) is 86.1 cm³/mol. The predicted octanol–water partition coefficient (Wildman–Crippen LogP) is 2.40. The second-order valence-electron chi connectivity index (χ2n) is 5.95. The second-order valence-corrected chi connectivity index (χ2v) is 6.81. The van der Waals surface area contributed by atoms with E-state index in [0.29, 0.717) is 25.6 Å². The molecule has 0 spiro atoms. The SMILES string of the molecule is CCNC(=O)[C@H]1CCCN(C(=O)Nc2scnc2C2CC2)C1. The van der Waals surface area contributed by atoms with Gasteiger partial charge < -0.3 is 10.2 Å². The van der Waals surface area contributed by atoms with Gasteiger partial charge in [0.1, 0.15) is 5.00 Å². The number of piperidine rings is 1. The molecule has 2 heterocycles. The van der Waals surface area contributed by atoms with Crippen LogP contribution in [-0.4, -0.2) is 41.5 Å². The molecule has 6 nitrogen and oxygen atoms in total. The fraction of sp³-hybridized carbons (Fsp3) is 0.667. The van der Waals surface area contributed by atoms with Crippen LogP contribution in [0.15, 0.2) is 5.51 Å². The number of likely N-dealkylation sites (tertiary alicyclic amines) is 1. The number of amides is 3. The molecule has 0 bridgehead atoms. The number of carbonyl (C=O) groups excluding carboxylic acids is 2. The number of rotatable bonds is 4. The number of urea groups is 1. The van der Waals surface area contributed by atoms with Gasteiger partial charge in [-0.15, -0.1) is 11.3 Å². The van der Waals surface area contributed by atoms with E-state index in [1.807, 2.05) is 6.92 Å². The largest absolute Gasteiger partial charge is 0.356 e. The van der Waals surface area contributed by atoms with Crippen LogP contribution in [0.25, 0.3) is 0 Å². The van der Waals surface area contributed by atoms with Gasteiger partial charge in [-0.25, -0.2) is 9.78 Å². The number of aromatic nitrogens is 1. The van der Waals surface area contributed by atoms with Crippen LogP contribution in [0.3, 0.4) is 0 Å². The summed E-state index contributed by atoms with van der Waals surface area (Å²) < 4.78 is 0. The Morgan fingerprint density at radius 1 is 1.41 bits per heavy atom. The van der Waals surface area contributed by atoms with Crippen LogP contribution in [-0.2, 0) is 4.79 Å². The highest BCUT2D eigenvalue weighted by Gasteiger charge is 2.31. The first-order chi connectivity index (χ1) is 10.7. The summed E-state index contributed by atoms with van der Waals surface area (Å²) in [7, 11) is 0. The minimum absolute atomic E-state index is 0.0523. The van der Waals surface area contributed by atoms with E-state index < -0.39 is 0 Å². The van der Waals surface area contributed by atoms with Crippen molar-refractivity contribution in [3.8, 4) is 0 Å². The molecule has 1 aromatic heterocycles. The van der Waals surface area contributed by atoms with E-state index in [0.717, 1.165) is 36.4 Å². The molecule has 1 aliphatic carbocycles. The quantitative estimate of drug-likeness (QED) is 0.894. The summed E-state index contributed by atoms with van der Waals surface area (Å²) >= 11 is 1.48. The summed E-state index contributed by atoms with van der Waals surface area (Å²) in [5, 5.41) is 6.70. The fourth-order valence-electron chi connectivity index (χ4n) is 2.87. The molecule has 3 amide bonds. The lowest BCUT2D eigenvalue weighted by Gasteiger charge is -2.31. The van der Waals surface area contributed by atoms with Crippen molar-refractivity contribution in [3.63, 3.8) is 0 Å². The number of hydrogen-bond donors (Lipinski definition) is 2. The lowest BCUT2D eigenvalue weighted by atomic mass is 9.97. The highest BCUT2D eigenvalue weighted by atomic mass is 32.1. The molecule has 0 aromatic carbocycles. The van der Waals surface area contributed by atoms with E-state index in [9.17, 15) is 9.59 Å². The van der Waals surface area contributed by atoms with Crippen molar-refractivity contribution in [2.24, 2.45) is 5.92 Å². The zero-order chi connectivity index (χ0) is 15.5. The summed E-state index contributed by atoms with van der Waals surface area (Å²) in [6, 6.07) is -0.111. The number of nitrogens with zero attached hydrogens (tertiary/aromatic N) is 2. The number of carbonyl (C=O) groups is 2. The lowest BCUT2D eigenvalue weighted by Crippen LogP contribution is -2.46. The van der Waals surface area contributed by atoms with Crippen molar-refractivity contribution in [1.82, 2.24) is 15.2 Å². The van der Waals surface area contributed by atoms with Crippen LogP contribution >= 0.6 is 11.3 Å². The molecule has 0 radical (unpaired) electrons. The highest BCUT2D eigenvalue weighted by molar-refractivity contribution is 7.14. The Labute approximate surface area is 134 Å². The Balaban J connectivity index is 1.59. The van der Waals surface area contributed by atoms with Gasteiger partial charge in [-0.2, -0.15) is 0 Å². The maximum absolute atomic E-state index is 12.4.